The second-order valence-electron chi connectivity index (χ2n) is 9.44. The zero-order valence-corrected chi connectivity index (χ0v) is 20.8. The van der Waals surface area contributed by atoms with Crippen molar-refractivity contribution in [2.75, 3.05) is 18.0 Å². The Morgan fingerprint density at radius 2 is 1.23 bits per heavy atom. The molecule has 5 aromatic rings. The van der Waals surface area contributed by atoms with Crippen LogP contribution >= 0.6 is 0 Å². The topological polar surface area (TPSA) is 69.0 Å². The highest BCUT2D eigenvalue weighted by Crippen LogP contribution is 2.28. The molecule has 0 aliphatic rings. The highest BCUT2D eigenvalue weighted by molar-refractivity contribution is 6.05. The molecule has 0 aliphatic heterocycles. The minimum absolute atomic E-state index is 0.00634. The first-order valence-electron chi connectivity index (χ1n) is 12.9. The lowest BCUT2D eigenvalue weighted by Gasteiger charge is -2.26. The van der Waals surface area contributed by atoms with E-state index in [-0.39, 0.29) is 10.9 Å². The van der Waals surface area contributed by atoms with E-state index >= 15 is 0 Å². The van der Waals surface area contributed by atoms with Crippen LogP contribution in [0, 0.1) is 0 Å². The van der Waals surface area contributed by atoms with Gasteiger partial charge in [-0.05, 0) is 55.2 Å². The van der Waals surface area contributed by atoms with E-state index in [0.717, 1.165) is 67.5 Å². The summed E-state index contributed by atoms with van der Waals surface area (Å²) in [5.74, 6) is 0. The summed E-state index contributed by atoms with van der Waals surface area (Å²) >= 11 is 0. The van der Waals surface area contributed by atoms with Crippen LogP contribution in [0.4, 0.5) is 5.69 Å². The number of benzene rings is 3. The number of aromatic amines is 2. The highest BCUT2D eigenvalue weighted by Gasteiger charge is 2.16. The molecule has 0 spiro atoms. The van der Waals surface area contributed by atoms with E-state index in [1.54, 1.807) is 0 Å². The summed E-state index contributed by atoms with van der Waals surface area (Å²) < 4.78 is 0. The first kappa shape index (κ1) is 23.2. The van der Waals surface area contributed by atoms with Gasteiger partial charge in [-0.1, -0.05) is 51.8 Å². The molecule has 0 unspecified atom stereocenters. The summed E-state index contributed by atoms with van der Waals surface area (Å²) in [5, 5.41) is 2.56. The van der Waals surface area contributed by atoms with Crippen molar-refractivity contribution >= 4 is 49.3 Å². The van der Waals surface area contributed by atoms with Gasteiger partial charge in [0.15, 0.2) is 10.9 Å². The van der Waals surface area contributed by atoms with Crippen molar-refractivity contribution in [1.29, 1.82) is 0 Å². The Kier molecular flexibility index (Phi) is 6.33. The number of aromatic nitrogens is 2. The van der Waals surface area contributed by atoms with Crippen LogP contribution in [-0.2, 0) is 6.42 Å². The van der Waals surface area contributed by atoms with Crippen LogP contribution in [0.5, 0.6) is 0 Å². The maximum absolute atomic E-state index is 13.7. The number of anilines is 1. The van der Waals surface area contributed by atoms with Crippen molar-refractivity contribution < 1.29 is 0 Å². The molecule has 0 saturated heterocycles. The maximum Gasteiger partial charge on any atom is 0.197 e. The summed E-state index contributed by atoms with van der Waals surface area (Å²) in [6, 6.07) is 15.5. The van der Waals surface area contributed by atoms with Gasteiger partial charge in [-0.15, -0.1) is 0 Å². The predicted octanol–water partition coefficient (Wildman–Crippen LogP) is 6.65. The fourth-order valence-electron chi connectivity index (χ4n) is 5.15. The van der Waals surface area contributed by atoms with Gasteiger partial charge in [0.1, 0.15) is 0 Å². The van der Waals surface area contributed by atoms with Crippen molar-refractivity contribution in [3.05, 3.63) is 74.5 Å². The summed E-state index contributed by atoms with van der Waals surface area (Å²) in [7, 11) is 0. The number of unbranched alkanes of at least 4 members (excludes halogenated alkanes) is 2. The van der Waals surface area contributed by atoms with Gasteiger partial charge in [-0.25, -0.2) is 0 Å². The van der Waals surface area contributed by atoms with E-state index in [9.17, 15) is 9.59 Å². The van der Waals surface area contributed by atoms with Crippen LogP contribution in [-0.4, -0.2) is 23.1 Å². The van der Waals surface area contributed by atoms with Crippen molar-refractivity contribution in [3.8, 4) is 0 Å². The zero-order chi connectivity index (χ0) is 24.5. The maximum atomic E-state index is 13.7. The monoisotopic (exact) mass is 467 g/mol. The van der Waals surface area contributed by atoms with Gasteiger partial charge in [0.25, 0.3) is 0 Å². The van der Waals surface area contributed by atoms with Gasteiger partial charge >= 0.3 is 0 Å². The van der Waals surface area contributed by atoms with E-state index in [0.29, 0.717) is 32.6 Å². The van der Waals surface area contributed by atoms with E-state index < -0.39 is 0 Å². The Bertz CT molecular complexity index is 1650. The molecular formula is C30H33N3O2. The second-order valence-corrected chi connectivity index (χ2v) is 9.44. The lowest BCUT2D eigenvalue weighted by atomic mass is 10.0. The quantitative estimate of drug-likeness (QED) is 0.251. The number of pyridine rings is 2. The molecule has 0 radical (unpaired) electrons. The van der Waals surface area contributed by atoms with Crippen molar-refractivity contribution in [2.45, 2.75) is 52.9 Å². The summed E-state index contributed by atoms with van der Waals surface area (Å²) in [6.45, 7) is 8.40. The number of hydrogen-bond donors (Lipinski definition) is 2. The van der Waals surface area contributed by atoms with Crippen molar-refractivity contribution in [3.63, 3.8) is 0 Å². The number of hydrogen-bond acceptors (Lipinski definition) is 3. The number of fused-ring (bicyclic) bond motifs is 4. The average Bonchev–Trinajstić information content (AvgIpc) is 2.88. The number of para-hydroxylation sites is 2. The van der Waals surface area contributed by atoms with Crippen molar-refractivity contribution in [1.82, 2.24) is 9.97 Å². The Hall–Kier alpha value is -3.60. The predicted molar refractivity (Wildman–Crippen MR) is 149 cm³/mol. The Balaban J connectivity index is 1.79. The van der Waals surface area contributed by atoms with Gasteiger partial charge in [0.05, 0.1) is 27.8 Å². The third-order valence-corrected chi connectivity index (χ3v) is 7.13. The Morgan fingerprint density at radius 1 is 0.686 bits per heavy atom. The molecule has 0 atom stereocenters. The van der Waals surface area contributed by atoms with Crippen LogP contribution in [0.2, 0.25) is 0 Å². The molecule has 2 heterocycles. The van der Waals surface area contributed by atoms with Crippen LogP contribution in [0.1, 0.15) is 52.0 Å². The SMILES string of the molecule is CCCCN(CCCC)c1cccc2c(=O)c3cc4[nH]c5c(CC)cccc5c(=O)c4cc3[nH]c12. The van der Waals surface area contributed by atoms with Gasteiger partial charge < -0.3 is 14.9 Å². The van der Waals surface area contributed by atoms with Gasteiger partial charge in [0.2, 0.25) is 0 Å². The number of H-pyrrole nitrogens is 2. The fraction of sp³-hybridized carbons (Fsp3) is 0.333. The molecule has 2 aromatic heterocycles. The zero-order valence-electron chi connectivity index (χ0n) is 20.8. The second kappa shape index (κ2) is 9.57. The van der Waals surface area contributed by atoms with Gasteiger partial charge in [0, 0.05) is 34.6 Å². The first-order valence-corrected chi connectivity index (χ1v) is 12.9. The van der Waals surface area contributed by atoms with Crippen LogP contribution in [0.25, 0.3) is 43.6 Å². The van der Waals surface area contributed by atoms with Crippen LogP contribution in [0.15, 0.2) is 58.1 Å². The summed E-state index contributed by atoms with van der Waals surface area (Å²) in [6.07, 6.45) is 5.27. The molecule has 0 amide bonds. The van der Waals surface area contributed by atoms with E-state index in [4.69, 9.17) is 0 Å². The minimum atomic E-state index is -0.00676. The molecule has 0 bridgehead atoms. The molecule has 5 nitrogen and oxygen atoms in total. The first-order chi connectivity index (χ1) is 17.1. The summed E-state index contributed by atoms with van der Waals surface area (Å²) in [5.41, 5.74) is 5.24. The summed E-state index contributed by atoms with van der Waals surface area (Å²) in [4.78, 5) is 36.5. The molecule has 0 aliphatic carbocycles. The van der Waals surface area contributed by atoms with E-state index in [1.165, 1.54) is 0 Å². The Morgan fingerprint density at radius 3 is 1.80 bits per heavy atom. The molecule has 2 N–H and O–H groups in total. The third kappa shape index (κ3) is 3.99. The Labute approximate surface area is 204 Å². The molecule has 3 aromatic carbocycles. The molecule has 5 heteroatoms. The van der Waals surface area contributed by atoms with E-state index in [2.05, 4.69) is 41.7 Å². The lowest BCUT2D eigenvalue weighted by molar-refractivity contribution is 0.679. The molecule has 5 rings (SSSR count). The average molecular weight is 468 g/mol. The molecular weight excluding hydrogens is 434 g/mol. The molecule has 35 heavy (non-hydrogen) atoms. The number of nitrogens with zero attached hydrogens (tertiary/aromatic N) is 1. The highest BCUT2D eigenvalue weighted by atomic mass is 16.1. The van der Waals surface area contributed by atoms with Gasteiger partial charge in [-0.2, -0.15) is 0 Å². The minimum Gasteiger partial charge on any atom is -0.370 e. The number of aryl methyl sites for hydroxylation is 1. The lowest BCUT2D eigenvalue weighted by Crippen LogP contribution is -2.26. The normalized spacial score (nSPS) is 11.7. The van der Waals surface area contributed by atoms with Gasteiger partial charge in [-0.3, -0.25) is 9.59 Å². The number of nitrogens with one attached hydrogen (secondary N) is 2. The third-order valence-electron chi connectivity index (χ3n) is 7.13. The fourth-order valence-corrected chi connectivity index (χ4v) is 5.15. The van der Waals surface area contributed by atoms with Crippen LogP contribution in [0.3, 0.4) is 0 Å². The molecule has 0 saturated carbocycles. The molecule has 180 valence electrons. The largest absolute Gasteiger partial charge is 0.370 e. The standard InChI is InChI=1S/C30H33N3O2/c1-4-7-15-33(16-8-5-2)26-14-10-13-21-28(26)32-25-18-22-24(17-23(25)30(21)35)31-27-19(6-3)11-9-12-20(27)29(22)34/h9-14,17-18H,4-8,15-16H2,1-3H3,(H,31,34)(H,32,35). The van der Waals surface area contributed by atoms with Crippen molar-refractivity contribution in [2.24, 2.45) is 0 Å². The van der Waals surface area contributed by atoms with E-state index in [1.807, 2.05) is 42.5 Å². The molecule has 0 fully saturated rings. The van der Waals surface area contributed by atoms with Crippen LogP contribution < -0.4 is 15.8 Å². The number of rotatable bonds is 8. The smallest absolute Gasteiger partial charge is 0.197 e.